The summed E-state index contributed by atoms with van der Waals surface area (Å²) in [7, 11) is 0. The van der Waals surface area contributed by atoms with Gasteiger partial charge in [-0.1, -0.05) is 19.3 Å². The third kappa shape index (κ3) is 17.4. The van der Waals surface area contributed by atoms with Crippen LogP contribution < -0.4 is 0 Å². The van der Waals surface area contributed by atoms with Gasteiger partial charge in [0.05, 0.1) is 5.60 Å². The first-order valence-corrected chi connectivity index (χ1v) is 6.21. The summed E-state index contributed by atoms with van der Waals surface area (Å²) in [6, 6.07) is 0. The van der Waals surface area contributed by atoms with Gasteiger partial charge in [0.1, 0.15) is 4.84 Å². The molecule has 0 fully saturated rings. The Morgan fingerprint density at radius 3 is 2.00 bits per heavy atom. The van der Waals surface area contributed by atoms with E-state index in [-0.39, 0.29) is 21.4 Å². The lowest BCUT2D eigenvalue weighted by atomic mass is 10.1. The van der Waals surface area contributed by atoms with Crippen LogP contribution in [0.2, 0.25) is 0 Å². The molecular weight excluding hydrogens is 247 g/mol. The standard InChI is InChI=1S/C11H22Cl2O.H4Si/c1-11(2,3)14-9-7-5-4-6-8-10(12)13;/h10H,4-9H2,1-3H3;1H4. The lowest BCUT2D eigenvalue weighted by Crippen LogP contribution is -2.19. The first-order chi connectivity index (χ1) is 6.42. The Morgan fingerprint density at radius 2 is 1.53 bits per heavy atom. The molecule has 0 aliphatic heterocycles. The lowest BCUT2D eigenvalue weighted by Gasteiger charge is -2.19. The first kappa shape index (κ1) is 18.1. The molecular formula is C11H26Cl2OSi. The van der Waals surface area contributed by atoms with Crippen molar-refractivity contribution in [3.05, 3.63) is 0 Å². The fourth-order valence-corrected chi connectivity index (χ4v) is 1.44. The third-order valence-electron chi connectivity index (χ3n) is 1.85. The summed E-state index contributed by atoms with van der Waals surface area (Å²) < 4.78 is 5.60. The SMILES string of the molecule is CC(C)(C)OCCCCCCC(Cl)Cl.[SiH4]. The van der Waals surface area contributed by atoms with Gasteiger partial charge in [-0.15, -0.1) is 23.2 Å². The summed E-state index contributed by atoms with van der Waals surface area (Å²) in [5.74, 6) is 0. The van der Waals surface area contributed by atoms with E-state index in [1.165, 1.54) is 12.8 Å². The van der Waals surface area contributed by atoms with Crippen LogP contribution in [0.4, 0.5) is 0 Å². The zero-order valence-electron chi connectivity index (χ0n) is 9.48. The fourth-order valence-electron chi connectivity index (χ4n) is 1.13. The molecule has 0 saturated carbocycles. The van der Waals surface area contributed by atoms with Crippen molar-refractivity contribution in [3.8, 4) is 0 Å². The van der Waals surface area contributed by atoms with E-state index in [1.807, 2.05) is 0 Å². The predicted molar refractivity (Wildman–Crippen MR) is 75.6 cm³/mol. The van der Waals surface area contributed by atoms with Crippen molar-refractivity contribution in [1.82, 2.24) is 0 Å². The number of hydrogen-bond acceptors (Lipinski definition) is 1. The molecule has 0 aliphatic rings. The minimum Gasteiger partial charge on any atom is -0.376 e. The van der Waals surface area contributed by atoms with Gasteiger partial charge in [0, 0.05) is 6.61 Å². The Morgan fingerprint density at radius 1 is 1.00 bits per heavy atom. The van der Waals surface area contributed by atoms with Crippen molar-refractivity contribution in [3.63, 3.8) is 0 Å². The molecule has 4 heteroatoms. The van der Waals surface area contributed by atoms with E-state index < -0.39 is 0 Å². The van der Waals surface area contributed by atoms with Crippen LogP contribution in [-0.4, -0.2) is 28.0 Å². The van der Waals surface area contributed by atoms with E-state index >= 15 is 0 Å². The van der Waals surface area contributed by atoms with Crippen molar-refractivity contribution < 1.29 is 4.74 Å². The summed E-state index contributed by atoms with van der Waals surface area (Å²) in [5.41, 5.74) is -0.00261. The smallest absolute Gasteiger partial charge is 0.107 e. The first-order valence-electron chi connectivity index (χ1n) is 5.34. The van der Waals surface area contributed by atoms with E-state index in [4.69, 9.17) is 27.9 Å². The molecule has 0 aromatic carbocycles. The van der Waals surface area contributed by atoms with E-state index in [0.29, 0.717) is 0 Å². The second-order valence-electron chi connectivity index (χ2n) is 4.55. The Hall–Kier alpha value is 0.757. The van der Waals surface area contributed by atoms with E-state index in [9.17, 15) is 0 Å². The molecule has 1 nitrogen and oxygen atoms in total. The Labute approximate surface area is 109 Å². The minimum atomic E-state index is -0.194. The van der Waals surface area contributed by atoms with Gasteiger partial charge in [-0.3, -0.25) is 0 Å². The molecule has 0 heterocycles. The Bertz CT molecular complexity index is 135. The van der Waals surface area contributed by atoms with Gasteiger partial charge < -0.3 is 4.74 Å². The van der Waals surface area contributed by atoms with Crippen molar-refractivity contribution in [1.29, 1.82) is 0 Å². The molecule has 15 heavy (non-hydrogen) atoms. The van der Waals surface area contributed by atoms with E-state index in [1.54, 1.807) is 0 Å². The van der Waals surface area contributed by atoms with Crippen molar-refractivity contribution >= 4 is 34.2 Å². The lowest BCUT2D eigenvalue weighted by molar-refractivity contribution is -0.00474. The van der Waals surface area contributed by atoms with Crippen LogP contribution >= 0.6 is 23.2 Å². The highest BCUT2D eigenvalue weighted by Gasteiger charge is 2.08. The molecule has 94 valence electrons. The molecule has 0 atom stereocenters. The highest BCUT2D eigenvalue weighted by atomic mass is 35.5. The van der Waals surface area contributed by atoms with Crippen LogP contribution in [0.15, 0.2) is 0 Å². The van der Waals surface area contributed by atoms with Gasteiger partial charge in [-0.2, -0.15) is 0 Å². The second-order valence-corrected chi connectivity index (χ2v) is 5.83. The second kappa shape index (κ2) is 9.95. The number of halogens is 2. The molecule has 0 unspecified atom stereocenters. The van der Waals surface area contributed by atoms with Gasteiger partial charge in [0.25, 0.3) is 0 Å². The fraction of sp³-hybridized carbons (Fsp3) is 1.00. The van der Waals surface area contributed by atoms with Crippen molar-refractivity contribution in [2.75, 3.05) is 6.61 Å². The average Bonchev–Trinajstić information content (AvgIpc) is 2.00. The molecule has 0 aromatic rings. The number of ether oxygens (including phenoxy) is 1. The van der Waals surface area contributed by atoms with Crippen molar-refractivity contribution in [2.45, 2.75) is 63.3 Å². The maximum Gasteiger partial charge on any atom is 0.107 e. The summed E-state index contributed by atoms with van der Waals surface area (Å²) in [4.78, 5) is -0.194. The molecule has 0 saturated heterocycles. The zero-order chi connectivity index (χ0) is 11.0. The molecule has 0 bridgehead atoms. The third-order valence-corrected chi connectivity index (χ3v) is 2.29. The number of rotatable bonds is 7. The molecule has 0 radical (unpaired) electrons. The van der Waals surface area contributed by atoms with Crippen LogP contribution in [0.5, 0.6) is 0 Å². The summed E-state index contributed by atoms with van der Waals surface area (Å²) >= 11 is 11.2. The molecule has 0 rings (SSSR count). The van der Waals surface area contributed by atoms with Gasteiger partial charge in [0.2, 0.25) is 0 Å². The van der Waals surface area contributed by atoms with Gasteiger partial charge in [0.15, 0.2) is 0 Å². The topological polar surface area (TPSA) is 9.23 Å². The average molecular weight is 273 g/mol. The monoisotopic (exact) mass is 272 g/mol. The molecule has 0 aromatic heterocycles. The van der Waals surface area contributed by atoms with Crippen LogP contribution in [0, 0.1) is 0 Å². The maximum atomic E-state index is 5.62. The predicted octanol–water partition coefficient (Wildman–Crippen LogP) is 3.10. The highest BCUT2D eigenvalue weighted by molar-refractivity contribution is 6.44. The molecule has 0 N–H and O–H groups in total. The largest absolute Gasteiger partial charge is 0.376 e. The summed E-state index contributed by atoms with van der Waals surface area (Å²) in [6.45, 7) is 7.10. The van der Waals surface area contributed by atoms with Crippen molar-refractivity contribution in [2.24, 2.45) is 0 Å². The Kier molecular flexibility index (Phi) is 12.0. The number of hydrogen-bond donors (Lipinski definition) is 0. The summed E-state index contributed by atoms with van der Waals surface area (Å²) in [6.07, 6.45) is 5.56. The quantitative estimate of drug-likeness (QED) is 0.393. The van der Waals surface area contributed by atoms with Crippen LogP contribution in [-0.2, 0) is 4.74 Å². The Balaban J connectivity index is 0. The highest BCUT2D eigenvalue weighted by Crippen LogP contribution is 2.14. The molecule has 0 amide bonds. The van der Waals surface area contributed by atoms with Crippen LogP contribution in [0.25, 0.3) is 0 Å². The van der Waals surface area contributed by atoms with Gasteiger partial charge >= 0.3 is 0 Å². The van der Waals surface area contributed by atoms with E-state index in [2.05, 4.69) is 20.8 Å². The van der Waals surface area contributed by atoms with E-state index in [0.717, 1.165) is 25.9 Å². The normalized spacial score (nSPS) is 11.6. The maximum absolute atomic E-state index is 5.62. The number of unbranched alkanes of at least 4 members (excludes halogenated alkanes) is 3. The molecule has 0 spiro atoms. The zero-order valence-corrected chi connectivity index (χ0v) is 11.0. The minimum absolute atomic E-state index is 0. The summed E-state index contributed by atoms with van der Waals surface area (Å²) in [5, 5.41) is 0. The van der Waals surface area contributed by atoms with Crippen LogP contribution in [0.3, 0.4) is 0 Å². The van der Waals surface area contributed by atoms with Crippen LogP contribution in [0.1, 0.15) is 52.9 Å². The van der Waals surface area contributed by atoms with Gasteiger partial charge in [-0.25, -0.2) is 0 Å². The van der Waals surface area contributed by atoms with Gasteiger partial charge in [-0.05, 0) is 44.6 Å². The molecule has 0 aliphatic carbocycles. The number of alkyl halides is 2.